The third kappa shape index (κ3) is 1.09. The summed E-state index contributed by atoms with van der Waals surface area (Å²) >= 11 is 0. The SMILES string of the molecule is Cc1noc(-c2cc(C)on2)n1. The minimum atomic E-state index is 0.393. The summed E-state index contributed by atoms with van der Waals surface area (Å²) in [5.41, 5.74) is 0.577. The molecule has 0 amide bonds. The summed E-state index contributed by atoms with van der Waals surface area (Å²) in [5, 5.41) is 7.36. The summed E-state index contributed by atoms with van der Waals surface area (Å²) in [4.78, 5) is 3.99. The highest BCUT2D eigenvalue weighted by molar-refractivity contribution is 5.45. The lowest BCUT2D eigenvalue weighted by Crippen LogP contribution is -1.76. The van der Waals surface area contributed by atoms with Crippen molar-refractivity contribution in [2.24, 2.45) is 0 Å². The largest absolute Gasteiger partial charge is 0.361 e. The first kappa shape index (κ1) is 7.02. The van der Waals surface area contributed by atoms with Gasteiger partial charge in [0.05, 0.1) is 0 Å². The first-order chi connectivity index (χ1) is 5.75. The Morgan fingerprint density at radius 3 is 2.50 bits per heavy atom. The fourth-order valence-corrected chi connectivity index (χ4v) is 0.868. The van der Waals surface area contributed by atoms with E-state index in [4.69, 9.17) is 9.05 Å². The maximum Gasteiger partial charge on any atom is 0.280 e. The number of aromatic nitrogens is 3. The highest BCUT2D eigenvalue weighted by atomic mass is 16.5. The van der Waals surface area contributed by atoms with Crippen molar-refractivity contribution in [1.29, 1.82) is 0 Å². The molecule has 0 saturated carbocycles. The van der Waals surface area contributed by atoms with Gasteiger partial charge in [-0.1, -0.05) is 10.3 Å². The van der Waals surface area contributed by atoms with Gasteiger partial charge in [-0.3, -0.25) is 0 Å². The van der Waals surface area contributed by atoms with Crippen LogP contribution in [0.15, 0.2) is 15.1 Å². The van der Waals surface area contributed by atoms with E-state index in [1.165, 1.54) is 0 Å². The molecule has 0 fully saturated rings. The zero-order valence-electron chi connectivity index (χ0n) is 6.74. The van der Waals surface area contributed by atoms with Crippen LogP contribution in [-0.2, 0) is 0 Å². The Hall–Kier alpha value is -1.65. The summed E-state index contributed by atoms with van der Waals surface area (Å²) in [6, 6.07) is 1.74. The third-order valence-corrected chi connectivity index (χ3v) is 1.37. The average molecular weight is 165 g/mol. The van der Waals surface area contributed by atoms with Gasteiger partial charge in [0.25, 0.3) is 5.89 Å². The maximum atomic E-state index is 4.88. The molecule has 0 unspecified atom stereocenters. The van der Waals surface area contributed by atoms with Gasteiger partial charge in [-0.15, -0.1) is 0 Å². The van der Waals surface area contributed by atoms with Gasteiger partial charge in [0, 0.05) is 6.07 Å². The van der Waals surface area contributed by atoms with E-state index >= 15 is 0 Å². The van der Waals surface area contributed by atoms with E-state index in [2.05, 4.69) is 15.3 Å². The van der Waals surface area contributed by atoms with E-state index < -0.39 is 0 Å². The Morgan fingerprint density at radius 1 is 1.17 bits per heavy atom. The minimum Gasteiger partial charge on any atom is -0.361 e. The van der Waals surface area contributed by atoms with Crippen LogP contribution in [0.25, 0.3) is 11.6 Å². The van der Waals surface area contributed by atoms with E-state index in [0.717, 1.165) is 5.76 Å². The van der Waals surface area contributed by atoms with Gasteiger partial charge in [-0.25, -0.2) is 0 Å². The van der Waals surface area contributed by atoms with E-state index in [9.17, 15) is 0 Å². The molecule has 0 saturated heterocycles. The van der Waals surface area contributed by atoms with Crippen LogP contribution in [0.3, 0.4) is 0 Å². The van der Waals surface area contributed by atoms with Crippen LogP contribution in [0.5, 0.6) is 0 Å². The number of nitrogens with zero attached hydrogens (tertiary/aromatic N) is 3. The molecule has 0 atom stereocenters. The minimum absolute atomic E-state index is 0.393. The second kappa shape index (κ2) is 2.44. The molecule has 0 radical (unpaired) electrons. The molecule has 2 heterocycles. The Bertz CT molecular complexity index is 353. The molecule has 0 N–H and O–H groups in total. The number of rotatable bonds is 1. The molecular weight excluding hydrogens is 158 g/mol. The van der Waals surface area contributed by atoms with Crippen molar-refractivity contribution >= 4 is 0 Å². The van der Waals surface area contributed by atoms with Gasteiger partial charge < -0.3 is 9.05 Å². The van der Waals surface area contributed by atoms with Crippen molar-refractivity contribution < 1.29 is 9.05 Å². The monoisotopic (exact) mass is 165 g/mol. The van der Waals surface area contributed by atoms with Gasteiger partial charge in [0.15, 0.2) is 11.5 Å². The van der Waals surface area contributed by atoms with Crippen LogP contribution in [0.2, 0.25) is 0 Å². The molecule has 0 aromatic carbocycles. The number of aryl methyl sites for hydroxylation is 2. The summed E-state index contributed by atoms with van der Waals surface area (Å²) in [6.45, 7) is 3.56. The van der Waals surface area contributed by atoms with Gasteiger partial charge in [-0.05, 0) is 13.8 Å². The molecule has 2 aromatic heterocycles. The topological polar surface area (TPSA) is 65.0 Å². The Morgan fingerprint density at radius 2 is 2.00 bits per heavy atom. The normalized spacial score (nSPS) is 10.5. The van der Waals surface area contributed by atoms with Crippen LogP contribution in [0, 0.1) is 13.8 Å². The van der Waals surface area contributed by atoms with E-state index in [0.29, 0.717) is 17.4 Å². The Kier molecular flexibility index (Phi) is 1.43. The smallest absolute Gasteiger partial charge is 0.280 e. The van der Waals surface area contributed by atoms with Crippen molar-refractivity contribution in [1.82, 2.24) is 15.3 Å². The molecule has 5 heteroatoms. The zero-order chi connectivity index (χ0) is 8.55. The van der Waals surface area contributed by atoms with Crippen molar-refractivity contribution in [3.8, 4) is 11.6 Å². The molecular formula is C7H7N3O2. The van der Waals surface area contributed by atoms with E-state index in [1.807, 2.05) is 0 Å². The van der Waals surface area contributed by atoms with Crippen molar-refractivity contribution in [2.45, 2.75) is 13.8 Å². The fraction of sp³-hybridized carbons (Fsp3) is 0.286. The lowest BCUT2D eigenvalue weighted by Gasteiger charge is -1.78. The van der Waals surface area contributed by atoms with Crippen LogP contribution in [0.1, 0.15) is 11.6 Å². The van der Waals surface area contributed by atoms with Crippen LogP contribution in [-0.4, -0.2) is 15.3 Å². The summed E-state index contributed by atoms with van der Waals surface area (Å²) in [5.74, 6) is 1.70. The molecule has 0 aliphatic rings. The third-order valence-electron chi connectivity index (χ3n) is 1.37. The molecule has 2 rings (SSSR count). The predicted molar refractivity (Wildman–Crippen MR) is 39.3 cm³/mol. The number of hydrogen-bond acceptors (Lipinski definition) is 5. The van der Waals surface area contributed by atoms with Crippen LogP contribution in [0.4, 0.5) is 0 Å². The van der Waals surface area contributed by atoms with Gasteiger partial charge in [0.2, 0.25) is 0 Å². The quantitative estimate of drug-likeness (QED) is 0.637. The van der Waals surface area contributed by atoms with Crippen molar-refractivity contribution in [3.05, 3.63) is 17.7 Å². The van der Waals surface area contributed by atoms with Gasteiger partial charge in [0.1, 0.15) is 5.76 Å². The molecule has 0 spiro atoms. The lowest BCUT2D eigenvalue weighted by molar-refractivity contribution is 0.389. The molecule has 12 heavy (non-hydrogen) atoms. The molecule has 5 nitrogen and oxygen atoms in total. The molecule has 0 aliphatic carbocycles. The predicted octanol–water partition coefficient (Wildman–Crippen LogP) is 1.34. The first-order valence-corrected chi connectivity index (χ1v) is 3.50. The number of hydrogen-bond donors (Lipinski definition) is 0. The second-order valence-electron chi connectivity index (χ2n) is 2.47. The average Bonchev–Trinajstić information content (AvgIpc) is 2.58. The van der Waals surface area contributed by atoms with Crippen LogP contribution >= 0.6 is 0 Å². The summed E-state index contributed by atoms with van der Waals surface area (Å²) < 4.78 is 9.73. The summed E-state index contributed by atoms with van der Waals surface area (Å²) in [7, 11) is 0. The van der Waals surface area contributed by atoms with E-state index in [1.54, 1.807) is 19.9 Å². The zero-order valence-corrected chi connectivity index (χ0v) is 6.74. The van der Waals surface area contributed by atoms with Crippen LogP contribution < -0.4 is 0 Å². The maximum absolute atomic E-state index is 4.88. The molecule has 2 aromatic rings. The van der Waals surface area contributed by atoms with Crippen molar-refractivity contribution in [3.63, 3.8) is 0 Å². The molecule has 0 aliphatic heterocycles. The van der Waals surface area contributed by atoms with E-state index in [-0.39, 0.29) is 0 Å². The first-order valence-electron chi connectivity index (χ1n) is 3.50. The second-order valence-corrected chi connectivity index (χ2v) is 2.47. The molecule has 0 bridgehead atoms. The van der Waals surface area contributed by atoms with Gasteiger partial charge >= 0.3 is 0 Å². The highest BCUT2D eigenvalue weighted by Crippen LogP contribution is 2.15. The van der Waals surface area contributed by atoms with Gasteiger partial charge in [-0.2, -0.15) is 4.98 Å². The Balaban J connectivity index is 2.43. The lowest BCUT2D eigenvalue weighted by atomic mass is 10.4. The standard InChI is InChI=1S/C7H7N3O2/c1-4-3-6(10-11-4)7-8-5(2)9-12-7/h3H,1-2H3. The molecule has 62 valence electrons. The highest BCUT2D eigenvalue weighted by Gasteiger charge is 2.10. The Labute approximate surface area is 68.4 Å². The summed E-state index contributed by atoms with van der Waals surface area (Å²) in [6.07, 6.45) is 0. The fourth-order valence-electron chi connectivity index (χ4n) is 0.868. The van der Waals surface area contributed by atoms with Crippen molar-refractivity contribution in [2.75, 3.05) is 0 Å².